The number of aromatic carboxylic acids is 1. The number of ether oxygens (including phenoxy) is 2. The number of nitrogens with one attached hydrogen (secondary N) is 1. The Labute approximate surface area is 175 Å². The lowest BCUT2D eigenvalue weighted by atomic mass is 9.99. The second-order valence-corrected chi connectivity index (χ2v) is 7.28. The fourth-order valence-electron chi connectivity index (χ4n) is 3.74. The summed E-state index contributed by atoms with van der Waals surface area (Å²) in [7, 11) is 0. The number of carbonyl (C=O) groups excluding carboxylic acids is 1. The first-order valence-corrected chi connectivity index (χ1v) is 9.55. The van der Waals surface area contributed by atoms with E-state index in [2.05, 4.69) is 9.97 Å². The predicted molar refractivity (Wildman–Crippen MR) is 103 cm³/mol. The third-order valence-corrected chi connectivity index (χ3v) is 5.35. The molecule has 1 aliphatic rings. The SMILES string of the molecule is O=C([O-])c1cc2c([nH]c3ccccc32)c([C@H](CO)O[C@@H]2O[C@H](CO)[C@@H](O)[C@H](O)[C@H]2O)n1. The number of aromatic nitrogens is 2. The van der Waals surface area contributed by atoms with Crippen molar-refractivity contribution in [3.63, 3.8) is 0 Å². The van der Waals surface area contributed by atoms with Crippen LogP contribution in [-0.2, 0) is 9.47 Å². The molecule has 0 radical (unpaired) electrons. The van der Waals surface area contributed by atoms with Gasteiger partial charge >= 0.3 is 0 Å². The molecule has 4 rings (SSSR count). The zero-order chi connectivity index (χ0) is 22.3. The van der Waals surface area contributed by atoms with Crippen molar-refractivity contribution >= 4 is 27.8 Å². The first-order chi connectivity index (χ1) is 14.8. The Bertz CT molecular complexity index is 1100. The number of hydrogen-bond donors (Lipinski definition) is 6. The second kappa shape index (κ2) is 8.48. The van der Waals surface area contributed by atoms with Gasteiger partial charge in [-0.25, -0.2) is 4.98 Å². The number of aliphatic hydroxyl groups is 5. The van der Waals surface area contributed by atoms with Crippen molar-refractivity contribution < 1.29 is 44.9 Å². The number of rotatable bonds is 6. The number of H-pyrrole nitrogens is 1. The number of para-hydroxylation sites is 1. The van der Waals surface area contributed by atoms with Crippen LogP contribution in [0.5, 0.6) is 0 Å². The molecule has 11 heteroatoms. The van der Waals surface area contributed by atoms with E-state index in [1.54, 1.807) is 24.3 Å². The zero-order valence-corrected chi connectivity index (χ0v) is 16.1. The van der Waals surface area contributed by atoms with Gasteiger partial charge in [0, 0.05) is 16.3 Å². The number of carboxylic acid groups (broad SMARTS) is 1. The van der Waals surface area contributed by atoms with Crippen LogP contribution in [0.4, 0.5) is 0 Å². The maximum atomic E-state index is 11.5. The van der Waals surface area contributed by atoms with Crippen LogP contribution in [0.3, 0.4) is 0 Å². The summed E-state index contributed by atoms with van der Waals surface area (Å²) >= 11 is 0. The third kappa shape index (κ3) is 3.77. The predicted octanol–water partition coefficient (Wildman–Crippen LogP) is -2.07. The summed E-state index contributed by atoms with van der Waals surface area (Å²) in [5.41, 5.74) is 0.728. The lowest BCUT2D eigenvalue weighted by molar-refractivity contribution is -0.314. The lowest BCUT2D eigenvalue weighted by Gasteiger charge is -2.40. The van der Waals surface area contributed by atoms with Crippen LogP contribution in [-0.4, -0.2) is 85.4 Å². The smallest absolute Gasteiger partial charge is 0.187 e. The van der Waals surface area contributed by atoms with Gasteiger partial charge in [-0.15, -0.1) is 0 Å². The van der Waals surface area contributed by atoms with Gasteiger partial charge in [0.05, 0.1) is 36.1 Å². The normalized spacial score (nSPS) is 27.6. The number of hydrogen-bond acceptors (Lipinski definition) is 10. The molecule has 166 valence electrons. The standard InChI is InChI=1S/C20H22N2O9/c23-6-12(30-20-18(27)17(26)16(25)13(7-24)31-20)15-14-9(5-11(22-15)19(28)29)8-3-1-2-4-10(8)21-14/h1-5,12-13,16-18,20-21,23-27H,6-7H2,(H,28,29)/p-1/t12-,13+,16+,17-,18+,20+/m0/s1. The highest BCUT2D eigenvalue weighted by atomic mass is 16.7. The molecule has 1 saturated heterocycles. The van der Waals surface area contributed by atoms with E-state index in [0.717, 1.165) is 0 Å². The van der Waals surface area contributed by atoms with Gasteiger partial charge in [-0.1, -0.05) is 18.2 Å². The van der Waals surface area contributed by atoms with Gasteiger partial charge in [-0.2, -0.15) is 0 Å². The molecule has 0 aliphatic carbocycles. The highest BCUT2D eigenvalue weighted by Gasteiger charge is 2.45. The molecular formula is C20H21N2O9-. The first kappa shape index (κ1) is 21.6. The van der Waals surface area contributed by atoms with Crippen LogP contribution in [0.15, 0.2) is 30.3 Å². The number of benzene rings is 1. The zero-order valence-electron chi connectivity index (χ0n) is 16.1. The monoisotopic (exact) mass is 433 g/mol. The number of aliphatic hydroxyl groups excluding tert-OH is 5. The number of carboxylic acids is 1. The largest absolute Gasteiger partial charge is 0.543 e. The Morgan fingerprint density at radius 2 is 1.90 bits per heavy atom. The Balaban J connectivity index is 1.77. The molecule has 1 fully saturated rings. The van der Waals surface area contributed by atoms with Gasteiger partial charge in [-0.3, -0.25) is 0 Å². The van der Waals surface area contributed by atoms with Crippen LogP contribution in [0.1, 0.15) is 22.3 Å². The highest BCUT2D eigenvalue weighted by Crippen LogP contribution is 2.33. The van der Waals surface area contributed by atoms with Crippen molar-refractivity contribution in [2.24, 2.45) is 0 Å². The third-order valence-electron chi connectivity index (χ3n) is 5.35. The van der Waals surface area contributed by atoms with E-state index in [-0.39, 0.29) is 11.4 Å². The van der Waals surface area contributed by atoms with Gasteiger partial charge in [-0.05, 0) is 12.1 Å². The molecule has 6 N–H and O–H groups in total. The maximum Gasteiger partial charge on any atom is 0.187 e. The van der Waals surface area contributed by atoms with Gasteiger partial charge < -0.3 is 49.9 Å². The molecule has 2 aromatic heterocycles. The van der Waals surface area contributed by atoms with Crippen LogP contribution in [0.2, 0.25) is 0 Å². The van der Waals surface area contributed by atoms with E-state index >= 15 is 0 Å². The van der Waals surface area contributed by atoms with E-state index in [1.165, 1.54) is 6.07 Å². The molecule has 1 aromatic carbocycles. The fourth-order valence-corrected chi connectivity index (χ4v) is 3.74. The second-order valence-electron chi connectivity index (χ2n) is 7.28. The Morgan fingerprint density at radius 1 is 1.16 bits per heavy atom. The number of aromatic amines is 1. The van der Waals surface area contributed by atoms with Crippen LogP contribution < -0.4 is 5.11 Å². The minimum Gasteiger partial charge on any atom is -0.543 e. The van der Waals surface area contributed by atoms with Crippen LogP contribution >= 0.6 is 0 Å². The van der Waals surface area contributed by atoms with Crippen molar-refractivity contribution in [3.8, 4) is 0 Å². The van der Waals surface area contributed by atoms with Gasteiger partial charge in [0.2, 0.25) is 0 Å². The minimum atomic E-state index is -1.70. The summed E-state index contributed by atoms with van der Waals surface area (Å²) in [6.45, 7) is -1.33. The molecule has 1 aliphatic heterocycles. The molecule has 0 amide bonds. The van der Waals surface area contributed by atoms with Gasteiger partial charge in [0.1, 0.15) is 30.5 Å². The number of nitrogens with zero attached hydrogens (tertiary/aromatic N) is 1. The first-order valence-electron chi connectivity index (χ1n) is 9.55. The van der Waals surface area contributed by atoms with E-state index in [9.17, 15) is 35.4 Å². The number of pyridine rings is 1. The van der Waals surface area contributed by atoms with E-state index in [4.69, 9.17) is 9.47 Å². The highest BCUT2D eigenvalue weighted by molar-refractivity contribution is 6.09. The van der Waals surface area contributed by atoms with E-state index < -0.39 is 56.0 Å². The molecule has 0 bridgehead atoms. The molecule has 3 aromatic rings. The molecular weight excluding hydrogens is 412 g/mol. The number of carbonyl (C=O) groups is 1. The molecule has 31 heavy (non-hydrogen) atoms. The van der Waals surface area contributed by atoms with Crippen molar-refractivity contribution in [1.82, 2.24) is 9.97 Å². The molecule has 11 nitrogen and oxygen atoms in total. The molecule has 0 saturated carbocycles. The molecule has 0 unspecified atom stereocenters. The van der Waals surface area contributed by atoms with Gasteiger partial charge in [0.15, 0.2) is 6.29 Å². The molecule has 3 heterocycles. The quantitative estimate of drug-likeness (QED) is 0.252. The molecule has 6 atom stereocenters. The Hall–Kier alpha value is -2.64. The van der Waals surface area contributed by atoms with Crippen molar-refractivity contribution in [1.29, 1.82) is 0 Å². The summed E-state index contributed by atoms with van der Waals surface area (Å²) in [6.07, 6.45) is -8.98. The molecule has 0 spiro atoms. The maximum absolute atomic E-state index is 11.5. The average Bonchev–Trinajstić information content (AvgIpc) is 3.15. The Morgan fingerprint density at radius 3 is 2.58 bits per heavy atom. The van der Waals surface area contributed by atoms with Gasteiger partial charge in [0.25, 0.3) is 0 Å². The van der Waals surface area contributed by atoms with Crippen LogP contribution in [0, 0.1) is 0 Å². The average molecular weight is 433 g/mol. The van der Waals surface area contributed by atoms with E-state index in [1.807, 2.05) is 0 Å². The fraction of sp³-hybridized carbons (Fsp3) is 0.400. The van der Waals surface area contributed by atoms with E-state index in [0.29, 0.717) is 21.8 Å². The van der Waals surface area contributed by atoms with Crippen molar-refractivity contribution in [2.45, 2.75) is 36.8 Å². The minimum absolute atomic E-state index is 0.0207. The van der Waals surface area contributed by atoms with Crippen molar-refractivity contribution in [3.05, 3.63) is 41.7 Å². The summed E-state index contributed by atoms with van der Waals surface area (Å²) in [5, 5.41) is 62.2. The summed E-state index contributed by atoms with van der Waals surface area (Å²) in [4.78, 5) is 18.7. The Kier molecular flexibility index (Phi) is 5.90. The topological polar surface area (TPSA) is 188 Å². The van der Waals surface area contributed by atoms with Crippen molar-refractivity contribution in [2.75, 3.05) is 13.2 Å². The number of fused-ring (bicyclic) bond motifs is 3. The van der Waals surface area contributed by atoms with Crippen LogP contribution in [0.25, 0.3) is 21.8 Å². The summed E-state index contributed by atoms with van der Waals surface area (Å²) in [5.74, 6) is -1.53. The lowest BCUT2D eigenvalue weighted by Crippen LogP contribution is -2.59. The summed E-state index contributed by atoms with van der Waals surface area (Å²) < 4.78 is 11.0. The summed E-state index contributed by atoms with van der Waals surface area (Å²) in [6, 6.07) is 8.48.